The molecule has 0 aliphatic rings. The molecule has 0 fully saturated rings. The number of nitrogens with zero attached hydrogens (tertiary/aromatic N) is 4. The van der Waals surface area contributed by atoms with Crippen LogP contribution in [0, 0.1) is 0 Å². The lowest BCUT2D eigenvalue weighted by atomic mass is 10.4. The van der Waals surface area contributed by atoms with Gasteiger partial charge in [-0.3, -0.25) is 9.11 Å². The van der Waals surface area contributed by atoms with Crippen molar-refractivity contribution in [1.29, 1.82) is 0 Å². The first-order valence-electron chi connectivity index (χ1n) is 8.28. The van der Waals surface area contributed by atoms with Gasteiger partial charge in [-0.15, -0.1) is 20.4 Å². The zero-order valence-electron chi connectivity index (χ0n) is 15.2. The van der Waals surface area contributed by atoms with Crippen LogP contribution in [0.15, 0.2) is 17.4 Å². The van der Waals surface area contributed by atoms with Crippen molar-refractivity contribution in [2.45, 2.75) is 43.0 Å². The lowest BCUT2D eigenvalue weighted by Crippen LogP contribution is -2.03. The second kappa shape index (κ2) is 13.1. The number of hydrogen-bond acceptors (Lipinski definition) is 14. The molecule has 30 heavy (non-hydrogen) atoms. The summed E-state index contributed by atoms with van der Waals surface area (Å²) in [7, 11) is -4.93. The minimum Gasteiger partial charge on any atom is -0.286 e. The van der Waals surface area contributed by atoms with Crippen molar-refractivity contribution in [3.05, 3.63) is 0 Å². The summed E-state index contributed by atoms with van der Waals surface area (Å²) < 4.78 is 63.1. The fourth-order valence-corrected chi connectivity index (χ4v) is 9.40. The van der Waals surface area contributed by atoms with Gasteiger partial charge in [0.1, 0.15) is 0 Å². The molecule has 10 nitrogen and oxygen atoms in total. The van der Waals surface area contributed by atoms with E-state index in [0.717, 1.165) is 17.4 Å². The van der Waals surface area contributed by atoms with E-state index in [1.165, 1.54) is 67.8 Å². The zero-order valence-corrected chi connectivity index (χ0v) is 21.8. The Hall–Kier alpha value is 0.340. The van der Waals surface area contributed by atoms with Crippen molar-refractivity contribution < 1.29 is 25.9 Å². The first-order chi connectivity index (χ1) is 14.1. The van der Waals surface area contributed by atoms with E-state index in [2.05, 4.69) is 20.4 Å². The second-order valence-electron chi connectivity index (χ2n) is 5.52. The van der Waals surface area contributed by atoms with Crippen LogP contribution in [0.3, 0.4) is 0 Å². The zero-order chi connectivity index (χ0) is 22.0. The van der Waals surface area contributed by atoms with Gasteiger partial charge in [0.2, 0.25) is 0 Å². The van der Waals surface area contributed by atoms with Crippen LogP contribution in [-0.4, -0.2) is 69.3 Å². The number of rotatable bonds is 15. The van der Waals surface area contributed by atoms with Gasteiger partial charge in [-0.05, 0) is 47.3 Å². The van der Waals surface area contributed by atoms with Gasteiger partial charge in [-0.2, -0.15) is 16.8 Å². The standard InChI is InChI=1S/C12H18N4O6S8/c17-29(18,19)7-3-1-5-23-9-13-15-11(25-9)27-28-12-16-14-10(26-12)24-6-2-4-8-30(20,21)22/h1-8H2,(H,17,18,19)(H,20,21,22). The molecule has 0 unspecified atom stereocenters. The van der Waals surface area contributed by atoms with Gasteiger partial charge in [0, 0.05) is 11.5 Å². The van der Waals surface area contributed by atoms with E-state index in [9.17, 15) is 16.8 Å². The van der Waals surface area contributed by atoms with E-state index < -0.39 is 20.2 Å². The number of aromatic nitrogens is 4. The molecule has 0 spiro atoms. The third-order valence-corrected chi connectivity index (χ3v) is 11.9. The quantitative estimate of drug-likeness (QED) is 0.138. The van der Waals surface area contributed by atoms with E-state index >= 15 is 0 Å². The summed E-state index contributed by atoms with van der Waals surface area (Å²) in [4.78, 5) is 0. The first kappa shape index (κ1) is 26.6. The Labute approximate surface area is 199 Å². The molecule has 2 aromatic rings. The third-order valence-electron chi connectivity index (χ3n) is 3.00. The molecule has 0 aliphatic heterocycles. The Morgan fingerprint density at radius 3 is 1.37 bits per heavy atom. The molecule has 0 atom stereocenters. The van der Waals surface area contributed by atoms with E-state index in [-0.39, 0.29) is 11.5 Å². The van der Waals surface area contributed by atoms with Crippen LogP contribution in [0.25, 0.3) is 0 Å². The van der Waals surface area contributed by atoms with Crippen molar-refractivity contribution in [3.63, 3.8) is 0 Å². The molecule has 0 amide bonds. The maximum Gasteiger partial charge on any atom is 0.264 e. The highest BCUT2D eigenvalue weighted by Crippen LogP contribution is 2.42. The monoisotopic (exact) mass is 570 g/mol. The van der Waals surface area contributed by atoms with Gasteiger partial charge < -0.3 is 0 Å². The van der Waals surface area contributed by atoms with E-state index in [0.29, 0.717) is 37.2 Å². The fourth-order valence-electron chi connectivity index (χ4n) is 1.74. The Balaban J connectivity index is 1.63. The summed E-state index contributed by atoms with van der Waals surface area (Å²) in [5.41, 5.74) is 0. The van der Waals surface area contributed by atoms with Gasteiger partial charge in [0.05, 0.1) is 11.5 Å². The number of hydrogen-bond donors (Lipinski definition) is 2. The molecule has 0 saturated carbocycles. The van der Waals surface area contributed by atoms with Crippen LogP contribution in [0.4, 0.5) is 0 Å². The smallest absolute Gasteiger partial charge is 0.264 e. The van der Waals surface area contributed by atoms with Crippen LogP contribution in [-0.2, 0) is 20.2 Å². The molecule has 170 valence electrons. The van der Waals surface area contributed by atoms with Crippen molar-refractivity contribution >= 4 is 88.0 Å². The van der Waals surface area contributed by atoms with Gasteiger partial charge in [-0.1, -0.05) is 46.2 Å². The predicted molar refractivity (Wildman–Crippen MR) is 124 cm³/mol. The summed E-state index contributed by atoms with van der Waals surface area (Å²) in [6, 6.07) is 0. The fraction of sp³-hybridized carbons (Fsp3) is 0.667. The summed E-state index contributed by atoms with van der Waals surface area (Å²) >= 11 is 5.87. The second-order valence-corrected chi connectivity index (χ2v) is 15.9. The van der Waals surface area contributed by atoms with Crippen LogP contribution >= 0.6 is 67.8 Å². The molecular formula is C12H18N4O6S8. The topological polar surface area (TPSA) is 160 Å². The Bertz CT molecular complexity index is 912. The lowest BCUT2D eigenvalue weighted by Gasteiger charge is -1.97. The third kappa shape index (κ3) is 12.4. The molecule has 2 N–H and O–H groups in total. The lowest BCUT2D eigenvalue weighted by molar-refractivity contribution is 0.478. The van der Waals surface area contributed by atoms with E-state index in [1.807, 2.05) is 0 Å². The Kier molecular flexibility index (Phi) is 11.7. The van der Waals surface area contributed by atoms with E-state index in [4.69, 9.17) is 9.11 Å². The van der Waals surface area contributed by atoms with Gasteiger partial charge in [0.25, 0.3) is 20.2 Å². The predicted octanol–water partition coefficient (Wildman–Crippen LogP) is 3.71. The maximum absolute atomic E-state index is 10.7. The number of unbranched alkanes of at least 4 members (excludes halogenated alkanes) is 2. The Morgan fingerprint density at radius 2 is 1.00 bits per heavy atom. The molecule has 2 heterocycles. The molecule has 0 aromatic carbocycles. The maximum atomic E-state index is 10.7. The van der Waals surface area contributed by atoms with E-state index in [1.54, 1.807) is 0 Å². The minimum atomic E-state index is -3.89. The largest absolute Gasteiger partial charge is 0.286 e. The SMILES string of the molecule is O=S(=O)(O)CCCCSc1nnc(SSc2nnc(SCCCCS(=O)(=O)O)s2)s1. The van der Waals surface area contributed by atoms with Crippen molar-refractivity contribution in [3.8, 4) is 0 Å². The van der Waals surface area contributed by atoms with Gasteiger partial charge in [-0.25, -0.2) is 0 Å². The summed E-state index contributed by atoms with van der Waals surface area (Å²) in [6.07, 6.45) is 2.12. The van der Waals surface area contributed by atoms with Gasteiger partial charge >= 0.3 is 0 Å². The highest BCUT2D eigenvalue weighted by atomic mass is 33.1. The average molecular weight is 571 g/mol. The number of thioether (sulfide) groups is 2. The van der Waals surface area contributed by atoms with Crippen LogP contribution in [0.5, 0.6) is 0 Å². The van der Waals surface area contributed by atoms with Gasteiger partial charge in [0.15, 0.2) is 17.4 Å². The van der Waals surface area contributed by atoms with Crippen LogP contribution in [0.2, 0.25) is 0 Å². The van der Waals surface area contributed by atoms with Crippen molar-refractivity contribution in [1.82, 2.24) is 20.4 Å². The summed E-state index contributed by atoms with van der Waals surface area (Å²) in [6.45, 7) is 0. The summed E-state index contributed by atoms with van der Waals surface area (Å²) in [5.74, 6) is 0.939. The van der Waals surface area contributed by atoms with Crippen LogP contribution in [0.1, 0.15) is 25.7 Å². The molecule has 0 bridgehead atoms. The highest BCUT2D eigenvalue weighted by molar-refractivity contribution is 8.77. The highest BCUT2D eigenvalue weighted by Gasteiger charge is 2.11. The first-order valence-corrected chi connectivity index (χ1v) is 17.3. The molecular weight excluding hydrogens is 553 g/mol. The molecule has 2 rings (SSSR count). The molecule has 2 aromatic heterocycles. The van der Waals surface area contributed by atoms with Crippen molar-refractivity contribution in [2.24, 2.45) is 0 Å². The van der Waals surface area contributed by atoms with Crippen LogP contribution < -0.4 is 0 Å². The minimum absolute atomic E-state index is 0.228. The molecule has 18 heteroatoms. The Morgan fingerprint density at radius 1 is 0.633 bits per heavy atom. The molecule has 0 radical (unpaired) electrons. The normalized spacial score (nSPS) is 12.5. The summed E-state index contributed by atoms with van der Waals surface area (Å²) in [5, 5.41) is 16.4. The average Bonchev–Trinajstić information content (AvgIpc) is 3.27. The van der Waals surface area contributed by atoms with Crippen molar-refractivity contribution in [2.75, 3.05) is 23.0 Å². The molecule has 0 saturated heterocycles. The molecule has 0 aliphatic carbocycles.